The molecule has 0 saturated carbocycles. The van der Waals surface area contributed by atoms with Crippen molar-refractivity contribution in [3.63, 3.8) is 0 Å². The molecule has 0 unspecified atom stereocenters. The third kappa shape index (κ3) is 4.00. The lowest BCUT2D eigenvalue weighted by Gasteiger charge is -2.01. The van der Waals surface area contributed by atoms with Crippen molar-refractivity contribution in [2.45, 2.75) is 12.2 Å². The Morgan fingerprint density at radius 2 is 0.950 bits per heavy atom. The predicted octanol–water partition coefficient (Wildman–Crippen LogP) is 2.46. The van der Waals surface area contributed by atoms with Crippen molar-refractivity contribution in [1.82, 2.24) is 0 Å². The van der Waals surface area contributed by atoms with Gasteiger partial charge in [0.15, 0.2) is 0 Å². The van der Waals surface area contributed by atoms with Crippen LogP contribution in [-0.2, 0) is 0 Å². The molecule has 0 aromatic heterocycles. The SMILES string of the molecule is O[C@@H](C#CC#C[C@H](O)c1ccccc1)c1ccccc1. The average molecular weight is 262 g/mol. The highest BCUT2D eigenvalue weighted by atomic mass is 16.3. The number of hydrogen-bond acceptors (Lipinski definition) is 2. The summed E-state index contributed by atoms with van der Waals surface area (Å²) < 4.78 is 0. The van der Waals surface area contributed by atoms with E-state index in [1.165, 1.54) is 0 Å². The smallest absolute Gasteiger partial charge is 0.141 e. The molecular weight excluding hydrogens is 248 g/mol. The highest BCUT2D eigenvalue weighted by molar-refractivity contribution is 5.34. The first-order chi connectivity index (χ1) is 9.77. The number of rotatable bonds is 2. The number of hydrogen-bond donors (Lipinski definition) is 2. The minimum atomic E-state index is -0.862. The molecule has 0 saturated heterocycles. The van der Waals surface area contributed by atoms with E-state index in [0.29, 0.717) is 0 Å². The molecule has 20 heavy (non-hydrogen) atoms. The average Bonchev–Trinajstić information content (AvgIpc) is 2.53. The maximum atomic E-state index is 9.80. The molecule has 2 atom stereocenters. The van der Waals surface area contributed by atoms with Crippen LogP contribution in [0.3, 0.4) is 0 Å². The first-order valence-corrected chi connectivity index (χ1v) is 6.24. The second kappa shape index (κ2) is 7.16. The summed E-state index contributed by atoms with van der Waals surface area (Å²) in [5, 5.41) is 19.6. The van der Waals surface area contributed by atoms with Gasteiger partial charge in [-0.25, -0.2) is 0 Å². The van der Waals surface area contributed by atoms with Gasteiger partial charge in [0.1, 0.15) is 12.2 Å². The van der Waals surface area contributed by atoms with Gasteiger partial charge in [-0.1, -0.05) is 72.5 Å². The van der Waals surface area contributed by atoms with Crippen molar-refractivity contribution in [2.24, 2.45) is 0 Å². The van der Waals surface area contributed by atoms with Gasteiger partial charge in [0.05, 0.1) is 0 Å². The highest BCUT2D eigenvalue weighted by Gasteiger charge is 2.01. The zero-order valence-corrected chi connectivity index (χ0v) is 10.8. The summed E-state index contributed by atoms with van der Waals surface area (Å²) in [6.07, 6.45) is -1.72. The van der Waals surface area contributed by atoms with Crippen LogP contribution in [0.25, 0.3) is 0 Å². The first kappa shape index (κ1) is 13.9. The highest BCUT2D eigenvalue weighted by Crippen LogP contribution is 2.11. The van der Waals surface area contributed by atoms with E-state index in [9.17, 15) is 10.2 Å². The van der Waals surface area contributed by atoms with E-state index in [1.54, 1.807) is 24.3 Å². The first-order valence-electron chi connectivity index (χ1n) is 6.24. The molecule has 2 aromatic rings. The van der Waals surface area contributed by atoms with Crippen LogP contribution in [0, 0.1) is 23.7 Å². The largest absolute Gasteiger partial charge is 0.376 e. The fourth-order valence-corrected chi connectivity index (χ4v) is 1.65. The van der Waals surface area contributed by atoms with Gasteiger partial charge in [0.2, 0.25) is 0 Å². The maximum absolute atomic E-state index is 9.80. The Morgan fingerprint density at radius 1 is 0.600 bits per heavy atom. The normalized spacial score (nSPS) is 12.3. The quantitative estimate of drug-likeness (QED) is 0.816. The van der Waals surface area contributed by atoms with Crippen molar-refractivity contribution >= 4 is 0 Å². The summed E-state index contributed by atoms with van der Waals surface area (Å²) in [4.78, 5) is 0. The van der Waals surface area contributed by atoms with Gasteiger partial charge in [0, 0.05) is 0 Å². The van der Waals surface area contributed by atoms with Gasteiger partial charge >= 0.3 is 0 Å². The van der Waals surface area contributed by atoms with Crippen LogP contribution in [-0.4, -0.2) is 10.2 Å². The number of aliphatic hydroxyl groups is 2. The minimum Gasteiger partial charge on any atom is -0.376 e. The van der Waals surface area contributed by atoms with Gasteiger partial charge in [-0.2, -0.15) is 0 Å². The third-order valence-electron chi connectivity index (χ3n) is 2.71. The van der Waals surface area contributed by atoms with Crippen molar-refractivity contribution in [3.8, 4) is 23.7 Å². The molecule has 0 aliphatic carbocycles. The molecule has 2 rings (SSSR count). The summed E-state index contributed by atoms with van der Waals surface area (Å²) in [7, 11) is 0. The molecule has 0 amide bonds. The van der Waals surface area contributed by atoms with Crippen LogP contribution >= 0.6 is 0 Å². The lowest BCUT2D eigenvalue weighted by Crippen LogP contribution is -1.93. The van der Waals surface area contributed by atoms with Crippen LogP contribution in [0.2, 0.25) is 0 Å². The van der Waals surface area contributed by atoms with Gasteiger partial charge in [-0.3, -0.25) is 0 Å². The molecule has 0 aliphatic heterocycles. The van der Waals surface area contributed by atoms with Crippen LogP contribution in [0.4, 0.5) is 0 Å². The van der Waals surface area contributed by atoms with Crippen molar-refractivity contribution < 1.29 is 10.2 Å². The Bertz CT molecular complexity index is 593. The maximum Gasteiger partial charge on any atom is 0.141 e. The molecule has 2 nitrogen and oxygen atoms in total. The van der Waals surface area contributed by atoms with E-state index in [2.05, 4.69) is 23.7 Å². The molecule has 0 bridgehead atoms. The van der Waals surface area contributed by atoms with E-state index >= 15 is 0 Å². The minimum absolute atomic E-state index is 0.727. The molecule has 98 valence electrons. The molecule has 0 heterocycles. The standard InChI is InChI=1S/C18H14O2/c19-17(15-9-3-1-4-10-15)13-7-8-14-18(20)16-11-5-2-6-12-16/h1-6,9-12,17-20H/t17-,18-/m0/s1. The van der Waals surface area contributed by atoms with E-state index in [1.807, 2.05) is 36.4 Å². The molecule has 0 aliphatic rings. The van der Waals surface area contributed by atoms with Crippen LogP contribution in [0.1, 0.15) is 23.3 Å². The van der Waals surface area contributed by atoms with Gasteiger partial charge in [-0.05, 0) is 23.0 Å². The Labute approximate surface area is 118 Å². The third-order valence-corrected chi connectivity index (χ3v) is 2.71. The Kier molecular flexibility index (Phi) is 4.98. The van der Waals surface area contributed by atoms with Crippen molar-refractivity contribution in [3.05, 3.63) is 71.8 Å². The fourth-order valence-electron chi connectivity index (χ4n) is 1.65. The lowest BCUT2D eigenvalue weighted by molar-refractivity contribution is 0.237. The van der Waals surface area contributed by atoms with Crippen molar-refractivity contribution in [2.75, 3.05) is 0 Å². The predicted molar refractivity (Wildman–Crippen MR) is 78.4 cm³/mol. The van der Waals surface area contributed by atoms with Crippen LogP contribution < -0.4 is 0 Å². The summed E-state index contributed by atoms with van der Waals surface area (Å²) in [5.41, 5.74) is 1.45. The van der Waals surface area contributed by atoms with Crippen LogP contribution in [0.5, 0.6) is 0 Å². The molecule has 2 N–H and O–H groups in total. The lowest BCUT2D eigenvalue weighted by atomic mass is 10.1. The Balaban J connectivity index is 2.00. The molecular formula is C18H14O2. The van der Waals surface area contributed by atoms with E-state index in [-0.39, 0.29) is 0 Å². The number of aliphatic hydroxyl groups excluding tert-OH is 2. The zero-order chi connectivity index (χ0) is 14.2. The molecule has 0 radical (unpaired) electrons. The Morgan fingerprint density at radius 3 is 1.30 bits per heavy atom. The topological polar surface area (TPSA) is 40.5 Å². The monoisotopic (exact) mass is 262 g/mol. The molecule has 0 fully saturated rings. The van der Waals surface area contributed by atoms with Gasteiger partial charge < -0.3 is 10.2 Å². The molecule has 2 heteroatoms. The molecule has 0 spiro atoms. The Hall–Kier alpha value is -2.52. The van der Waals surface area contributed by atoms with Gasteiger partial charge in [-0.15, -0.1) is 0 Å². The van der Waals surface area contributed by atoms with E-state index in [0.717, 1.165) is 11.1 Å². The van der Waals surface area contributed by atoms with E-state index in [4.69, 9.17) is 0 Å². The van der Waals surface area contributed by atoms with Crippen molar-refractivity contribution in [1.29, 1.82) is 0 Å². The summed E-state index contributed by atoms with van der Waals surface area (Å²) >= 11 is 0. The second-order valence-corrected chi connectivity index (χ2v) is 4.17. The molecule has 2 aromatic carbocycles. The summed E-state index contributed by atoms with van der Waals surface area (Å²) in [5.74, 6) is 10.4. The van der Waals surface area contributed by atoms with Gasteiger partial charge in [0.25, 0.3) is 0 Å². The zero-order valence-electron chi connectivity index (χ0n) is 10.8. The summed E-state index contributed by atoms with van der Waals surface area (Å²) in [6, 6.07) is 18.3. The summed E-state index contributed by atoms with van der Waals surface area (Å²) in [6.45, 7) is 0. The van der Waals surface area contributed by atoms with Crippen LogP contribution in [0.15, 0.2) is 60.7 Å². The second-order valence-electron chi connectivity index (χ2n) is 4.17. The van der Waals surface area contributed by atoms with E-state index < -0.39 is 12.2 Å². The number of benzene rings is 2. The fraction of sp³-hybridized carbons (Fsp3) is 0.111.